The van der Waals surface area contributed by atoms with Crippen LogP contribution in [0.4, 0.5) is 5.69 Å². The van der Waals surface area contributed by atoms with Crippen molar-refractivity contribution in [3.05, 3.63) is 29.3 Å². The summed E-state index contributed by atoms with van der Waals surface area (Å²) in [6, 6.07) is 5.21. The fraction of sp³-hybridized carbons (Fsp3) is 0.400. The predicted octanol–water partition coefficient (Wildman–Crippen LogP) is 0.958. The van der Waals surface area contributed by atoms with Crippen LogP contribution in [0.2, 0.25) is 0 Å². The average Bonchev–Trinajstić information content (AvgIpc) is 2.03. The van der Waals surface area contributed by atoms with E-state index in [2.05, 4.69) is 0 Å². The van der Waals surface area contributed by atoms with Crippen molar-refractivity contribution >= 4 is 5.69 Å². The van der Waals surface area contributed by atoms with E-state index in [9.17, 15) is 5.11 Å². The molecule has 0 unspecified atom stereocenters. The fourth-order valence-corrected chi connectivity index (χ4v) is 1.40. The van der Waals surface area contributed by atoms with Gasteiger partial charge < -0.3 is 16.6 Å². The van der Waals surface area contributed by atoms with Crippen LogP contribution in [0, 0.1) is 6.92 Å². The molecule has 3 nitrogen and oxygen atoms in total. The number of aryl methyl sites for hydroxylation is 1. The molecule has 0 aliphatic carbocycles. The molecule has 3 heteroatoms. The van der Waals surface area contributed by atoms with Crippen molar-refractivity contribution in [3.8, 4) is 0 Å². The van der Waals surface area contributed by atoms with Crippen LogP contribution in [0.5, 0.6) is 0 Å². The van der Waals surface area contributed by atoms with Crippen LogP contribution in [0.1, 0.15) is 24.1 Å². The monoisotopic (exact) mass is 180 g/mol. The van der Waals surface area contributed by atoms with Gasteiger partial charge in [-0.2, -0.15) is 0 Å². The zero-order chi connectivity index (χ0) is 10.0. The van der Waals surface area contributed by atoms with Gasteiger partial charge in [0.25, 0.3) is 0 Å². The highest BCUT2D eigenvalue weighted by Gasteiger charge is 2.16. The quantitative estimate of drug-likeness (QED) is 0.593. The van der Waals surface area contributed by atoms with E-state index in [1.165, 1.54) is 0 Å². The van der Waals surface area contributed by atoms with E-state index in [4.69, 9.17) is 11.5 Å². The van der Waals surface area contributed by atoms with Crippen LogP contribution in [0.15, 0.2) is 18.2 Å². The van der Waals surface area contributed by atoms with Gasteiger partial charge in [0.1, 0.15) is 0 Å². The SMILES string of the molecule is Cc1cccc(N)c1[C@H](N)[C@H](C)O. The highest BCUT2D eigenvalue weighted by Crippen LogP contribution is 2.24. The Morgan fingerprint density at radius 2 is 2.00 bits per heavy atom. The minimum Gasteiger partial charge on any atom is -0.398 e. The molecular weight excluding hydrogens is 164 g/mol. The Morgan fingerprint density at radius 3 is 2.46 bits per heavy atom. The summed E-state index contributed by atoms with van der Waals surface area (Å²) in [4.78, 5) is 0. The summed E-state index contributed by atoms with van der Waals surface area (Å²) < 4.78 is 0. The van der Waals surface area contributed by atoms with Gasteiger partial charge >= 0.3 is 0 Å². The van der Waals surface area contributed by atoms with E-state index >= 15 is 0 Å². The minimum absolute atomic E-state index is 0.402. The van der Waals surface area contributed by atoms with E-state index in [1.807, 2.05) is 19.1 Å². The average molecular weight is 180 g/mol. The number of aliphatic hydroxyl groups excluding tert-OH is 1. The maximum atomic E-state index is 9.34. The topological polar surface area (TPSA) is 72.3 Å². The zero-order valence-corrected chi connectivity index (χ0v) is 7.99. The second kappa shape index (κ2) is 3.77. The van der Waals surface area contributed by atoms with Gasteiger partial charge in [0.15, 0.2) is 0 Å². The molecule has 0 radical (unpaired) electrons. The van der Waals surface area contributed by atoms with Crippen molar-refractivity contribution in [2.45, 2.75) is 26.0 Å². The second-order valence-corrected chi connectivity index (χ2v) is 3.34. The van der Waals surface area contributed by atoms with E-state index in [-0.39, 0.29) is 0 Å². The van der Waals surface area contributed by atoms with Gasteiger partial charge in [0.2, 0.25) is 0 Å². The lowest BCUT2D eigenvalue weighted by molar-refractivity contribution is 0.164. The molecule has 0 bridgehead atoms. The predicted molar refractivity (Wildman–Crippen MR) is 54.2 cm³/mol. The molecule has 0 spiro atoms. The second-order valence-electron chi connectivity index (χ2n) is 3.34. The smallest absolute Gasteiger partial charge is 0.0705 e. The van der Waals surface area contributed by atoms with Gasteiger partial charge in [-0.05, 0) is 31.0 Å². The third-order valence-electron chi connectivity index (χ3n) is 2.21. The number of benzene rings is 1. The number of hydrogen-bond acceptors (Lipinski definition) is 3. The molecule has 1 aromatic carbocycles. The van der Waals surface area contributed by atoms with Gasteiger partial charge in [-0.15, -0.1) is 0 Å². The molecule has 1 rings (SSSR count). The lowest BCUT2D eigenvalue weighted by Crippen LogP contribution is -2.25. The first kappa shape index (κ1) is 10.0. The van der Waals surface area contributed by atoms with Crippen molar-refractivity contribution in [1.29, 1.82) is 0 Å². The normalized spacial score (nSPS) is 15.4. The van der Waals surface area contributed by atoms with E-state index in [1.54, 1.807) is 13.0 Å². The van der Waals surface area contributed by atoms with Crippen LogP contribution < -0.4 is 11.5 Å². The molecule has 13 heavy (non-hydrogen) atoms. The Hall–Kier alpha value is -1.06. The minimum atomic E-state index is -0.580. The van der Waals surface area contributed by atoms with E-state index in [0.29, 0.717) is 5.69 Å². The molecule has 0 saturated carbocycles. The molecule has 0 saturated heterocycles. The number of nitrogens with two attached hydrogens (primary N) is 2. The van der Waals surface area contributed by atoms with Gasteiger partial charge in [0, 0.05) is 5.69 Å². The molecule has 2 atom stereocenters. The van der Waals surface area contributed by atoms with Crippen molar-refractivity contribution in [3.63, 3.8) is 0 Å². The molecule has 0 aliphatic rings. The summed E-state index contributed by atoms with van der Waals surface area (Å²) in [6.07, 6.45) is -0.580. The first-order valence-electron chi connectivity index (χ1n) is 4.32. The van der Waals surface area contributed by atoms with Crippen LogP contribution in [-0.2, 0) is 0 Å². The van der Waals surface area contributed by atoms with Crippen molar-refractivity contribution in [1.82, 2.24) is 0 Å². The van der Waals surface area contributed by atoms with Crippen molar-refractivity contribution in [2.24, 2.45) is 5.73 Å². The Bertz CT molecular complexity index is 277. The summed E-state index contributed by atoms with van der Waals surface area (Å²) >= 11 is 0. The van der Waals surface area contributed by atoms with Gasteiger partial charge in [-0.3, -0.25) is 0 Å². The highest BCUT2D eigenvalue weighted by atomic mass is 16.3. The summed E-state index contributed by atoms with van der Waals surface area (Å²) in [6.45, 7) is 3.60. The fourth-order valence-electron chi connectivity index (χ4n) is 1.40. The third-order valence-corrected chi connectivity index (χ3v) is 2.21. The number of hydrogen-bond donors (Lipinski definition) is 3. The lowest BCUT2D eigenvalue weighted by atomic mass is 9.97. The van der Waals surface area contributed by atoms with Gasteiger partial charge in [-0.25, -0.2) is 0 Å². The number of anilines is 1. The Balaban J connectivity index is 3.12. The van der Waals surface area contributed by atoms with Crippen LogP contribution in [0.3, 0.4) is 0 Å². The standard InChI is InChI=1S/C10H16N2O/c1-6-4-3-5-8(11)9(6)10(12)7(2)13/h3-5,7,10,13H,11-12H2,1-2H3/t7-,10+/m0/s1. The van der Waals surface area contributed by atoms with Crippen LogP contribution >= 0.6 is 0 Å². The Morgan fingerprint density at radius 1 is 1.38 bits per heavy atom. The lowest BCUT2D eigenvalue weighted by Gasteiger charge is -2.19. The summed E-state index contributed by atoms with van der Waals surface area (Å²) in [7, 11) is 0. The summed E-state index contributed by atoms with van der Waals surface area (Å²) in [5.74, 6) is 0. The largest absolute Gasteiger partial charge is 0.398 e. The number of aliphatic hydroxyl groups is 1. The Kier molecular flexibility index (Phi) is 2.90. The van der Waals surface area contributed by atoms with E-state index < -0.39 is 12.1 Å². The van der Waals surface area contributed by atoms with Gasteiger partial charge in [-0.1, -0.05) is 12.1 Å². The molecule has 0 aliphatic heterocycles. The van der Waals surface area contributed by atoms with Crippen molar-refractivity contribution < 1.29 is 5.11 Å². The maximum absolute atomic E-state index is 9.34. The first-order valence-corrected chi connectivity index (χ1v) is 4.32. The number of rotatable bonds is 2. The molecule has 5 N–H and O–H groups in total. The molecule has 0 aromatic heterocycles. The maximum Gasteiger partial charge on any atom is 0.0705 e. The van der Waals surface area contributed by atoms with Gasteiger partial charge in [0.05, 0.1) is 12.1 Å². The molecular formula is C10H16N2O. The van der Waals surface area contributed by atoms with Crippen LogP contribution in [-0.4, -0.2) is 11.2 Å². The molecule has 72 valence electrons. The third kappa shape index (κ3) is 1.99. The van der Waals surface area contributed by atoms with Crippen LogP contribution in [0.25, 0.3) is 0 Å². The molecule has 0 heterocycles. The summed E-state index contributed by atoms with van der Waals surface area (Å²) in [5.41, 5.74) is 14.1. The zero-order valence-electron chi connectivity index (χ0n) is 7.99. The Labute approximate surface area is 78.4 Å². The molecule has 0 amide bonds. The molecule has 1 aromatic rings. The summed E-state index contributed by atoms with van der Waals surface area (Å²) in [5, 5.41) is 9.34. The van der Waals surface area contributed by atoms with Crippen molar-refractivity contribution in [2.75, 3.05) is 5.73 Å². The highest BCUT2D eigenvalue weighted by molar-refractivity contribution is 5.52. The van der Waals surface area contributed by atoms with E-state index in [0.717, 1.165) is 11.1 Å². The molecule has 0 fully saturated rings. The first-order chi connectivity index (χ1) is 6.04. The number of nitrogen functional groups attached to an aromatic ring is 1.